The van der Waals surface area contributed by atoms with Gasteiger partial charge in [0.2, 0.25) is 5.91 Å². The van der Waals surface area contributed by atoms with E-state index in [-0.39, 0.29) is 18.4 Å². The van der Waals surface area contributed by atoms with Gasteiger partial charge >= 0.3 is 5.97 Å². The van der Waals surface area contributed by atoms with E-state index in [0.29, 0.717) is 6.61 Å². The smallest absolute Gasteiger partial charge is 0.330 e. The average molecular weight is 352 g/mol. The summed E-state index contributed by atoms with van der Waals surface area (Å²) in [7, 11) is 0. The zero-order valence-corrected chi connectivity index (χ0v) is 15.1. The van der Waals surface area contributed by atoms with E-state index in [1.54, 1.807) is 13.0 Å². The van der Waals surface area contributed by atoms with E-state index in [9.17, 15) is 9.59 Å². The monoisotopic (exact) mass is 352 g/mol. The maximum Gasteiger partial charge on any atom is 0.330 e. The first-order valence-corrected chi connectivity index (χ1v) is 8.69. The van der Waals surface area contributed by atoms with Gasteiger partial charge in [-0.3, -0.25) is 4.79 Å². The average Bonchev–Trinajstić information content (AvgIpc) is 2.66. The molecule has 1 amide bonds. The lowest BCUT2D eigenvalue weighted by molar-refractivity contribution is -0.137. The number of para-hydroxylation sites is 1. The lowest BCUT2D eigenvalue weighted by Crippen LogP contribution is -2.22. The van der Waals surface area contributed by atoms with Crippen molar-refractivity contribution in [3.63, 3.8) is 0 Å². The third-order valence-corrected chi connectivity index (χ3v) is 3.73. The third kappa shape index (κ3) is 6.09. The molecule has 26 heavy (non-hydrogen) atoms. The van der Waals surface area contributed by atoms with E-state index in [4.69, 9.17) is 4.74 Å². The zero-order valence-electron chi connectivity index (χ0n) is 15.1. The Balaban J connectivity index is 1.85. The first kappa shape index (κ1) is 19.2. The van der Waals surface area contributed by atoms with Gasteiger partial charge in [-0.2, -0.15) is 0 Å². The Morgan fingerprint density at radius 2 is 1.77 bits per heavy atom. The summed E-state index contributed by atoms with van der Waals surface area (Å²) in [5.74, 6) is -0.462. The standard InChI is InChI=1S/C21H24N2O3/c1-3-17-7-5-6-8-19(17)23-20(24)15-22-18-12-9-16(10-13-18)11-14-21(25)26-4-2/h5-14,22H,3-4,15H2,1-2H3,(H,23,24)/b14-11+. The SMILES string of the molecule is CCOC(=O)/C=C/c1ccc(NCC(=O)Nc2ccccc2CC)cc1. The first-order valence-electron chi connectivity index (χ1n) is 8.69. The molecular formula is C21H24N2O3. The molecule has 0 aliphatic rings. The van der Waals surface area contributed by atoms with Crippen LogP contribution in [0.4, 0.5) is 11.4 Å². The number of aryl methyl sites for hydroxylation is 1. The summed E-state index contributed by atoms with van der Waals surface area (Å²) in [5, 5.41) is 6.01. The molecule has 0 spiro atoms. The highest BCUT2D eigenvalue weighted by Crippen LogP contribution is 2.15. The molecule has 0 aliphatic heterocycles. The molecule has 0 bridgehead atoms. The molecule has 2 aromatic rings. The van der Waals surface area contributed by atoms with E-state index < -0.39 is 0 Å². The molecule has 0 atom stereocenters. The Bertz CT molecular complexity index is 767. The molecule has 0 saturated heterocycles. The highest BCUT2D eigenvalue weighted by Gasteiger charge is 2.05. The second-order valence-electron chi connectivity index (χ2n) is 5.62. The van der Waals surface area contributed by atoms with Crippen LogP contribution in [0.3, 0.4) is 0 Å². The van der Waals surface area contributed by atoms with Gasteiger partial charge in [-0.25, -0.2) is 4.79 Å². The van der Waals surface area contributed by atoms with Gasteiger partial charge < -0.3 is 15.4 Å². The van der Waals surface area contributed by atoms with Crippen LogP contribution in [0.5, 0.6) is 0 Å². The molecule has 5 nitrogen and oxygen atoms in total. The molecule has 5 heteroatoms. The molecule has 0 heterocycles. The molecule has 136 valence electrons. The minimum atomic E-state index is -0.362. The van der Waals surface area contributed by atoms with Gasteiger partial charge in [0.15, 0.2) is 0 Å². The van der Waals surface area contributed by atoms with Gasteiger partial charge in [0, 0.05) is 17.5 Å². The van der Waals surface area contributed by atoms with Crippen molar-refractivity contribution < 1.29 is 14.3 Å². The molecule has 2 rings (SSSR count). The molecule has 0 aromatic heterocycles. The lowest BCUT2D eigenvalue weighted by atomic mass is 10.1. The summed E-state index contributed by atoms with van der Waals surface area (Å²) in [4.78, 5) is 23.4. The number of rotatable bonds is 8. The van der Waals surface area contributed by atoms with Crippen molar-refractivity contribution in [1.82, 2.24) is 0 Å². The first-order chi connectivity index (χ1) is 12.6. The molecule has 2 N–H and O–H groups in total. The van der Waals surface area contributed by atoms with Gasteiger partial charge in [-0.1, -0.05) is 37.3 Å². The van der Waals surface area contributed by atoms with Gasteiger partial charge in [0.1, 0.15) is 0 Å². The minimum absolute atomic E-state index is 0.0998. The quantitative estimate of drug-likeness (QED) is 0.559. The lowest BCUT2D eigenvalue weighted by Gasteiger charge is -2.11. The number of hydrogen-bond donors (Lipinski definition) is 2. The molecule has 0 radical (unpaired) electrons. The topological polar surface area (TPSA) is 67.4 Å². The Hall–Kier alpha value is -3.08. The van der Waals surface area contributed by atoms with Crippen LogP contribution in [-0.4, -0.2) is 25.0 Å². The number of amides is 1. The number of anilines is 2. The molecule has 0 unspecified atom stereocenters. The summed E-state index contributed by atoms with van der Waals surface area (Å²) in [6.07, 6.45) is 3.95. The molecule has 0 aliphatic carbocycles. The number of hydrogen-bond acceptors (Lipinski definition) is 4. The number of carbonyl (C=O) groups excluding carboxylic acids is 2. The maximum atomic E-state index is 12.1. The van der Waals surface area contributed by atoms with Gasteiger partial charge in [-0.15, -0.1) is 0 Å². The van der Waals surface area contributed by atoms with Gasteiger partial charge in [0.25, 0.3) is 0 Å². The number of nitrogens with one attached hydrogen (secondary N) is 2. The van der Waals surface area contributed by atoms with Crippen LogP contribution < -0.4 is 10.6 Å². The largest absolute Gasteiger partial charge is 0.463 e. The summed E-state index contributed by atoms with van der Waals surface area (Å²) < 4.78 is 4.83. The fourth-order valence-corrected chi connectivity index (χ4v) is 2.39. The van der Waals surface area contributed by atoms with Crippen molar-refractivity contribution in [1.29, 1.82) is 0 Å². The number of esters is 1. The number of benzene rings is 2. The van der Waals surface area contributed by atoms with E-state index in [1.165, 1.54) is 6.08 Å². The van der Waals surface area contributed by atoms with Crippen LogP contribution in [-0.2, 0) is 20.7 Å². The van der Waals surface area contributed by atoms with E-state index in [2.05, 4.69) is 17.6 Å². The van der Waals surface area contributed by atoms with E-state index in [1.807, 2.05) is 48.5 Å². The van der Waals surface area contributed by atoms with Crippen molar-refractivity contribution in [3.8, 4) is 0 Å². The van der Waals surface area contributed by atoms with E-state index in [0.717, 1.165) is 28.9 Å². The van der Waals surface area contributed by atoms with Crippen molar-refractivity contribution in [2.24, 2.45) is 0 Å². The van der Waals surface area contributed by atoms with Crippen LogP contribution in [0.2, 0.25) is 0 Å². The molecule has 2 aromatic carbocycles. The van der Waals surface area contributed by atoms with Crippen LogP contribution in [0, 0.1) is 0 Å². The highest BCUT2D eigenvalue weighted by molar-refractivity contribution is 5.94. The molecular weight excluding hydrogens is 328 g/mol. The fourth-order valence-electron chi connectivity index (χ4n) is 2.39. The van der Waals surface area contributed by atoms with Crippen molar-refractivity contribution in [3.05, 3.63) is 65.7 Å². The summed E-state index contributed by atoms with van der Waals surface area (Å²) in [6, 6.07) is 15.2. The Kier molecular flexibility index (Phi) is 7.43. The Morgan fingerprint density at radius 1 is 1.04 bits per heavy atom. The molecule has 0 saturated carbocycles. The van der Waals surface area contributed by atoms with Crippen molar-refractivity contribution in [2.45, 2.75) is 20.3 Å². The van der Waals surface area contributed by atoms with Crippen LogP contribution in [0.15, 0.2) is 54.6 Å². The molecule has 0 fully saturated rings. The Labute approximate surface area is 154 Å². The van der Waals surface area contributed by atoms with Crippen LogP contribution >= 0.6 is 0 Å². The third-order valence-electron chi connectivity index (χ3n) is 3.73. The van der Waals surface area contributed by atoms with Crippen LogP contribution in [0.1, 0.15) is 25.0 Å². The van der Waals surface area contributed by atoms with Crippen LogP contribution in [0.25, 0.3) is 6.08 Å². The van der Waals surface area contributed by atoms with Gasteiger partial charge in [0.05, 0.1) is 13.2 Å². The number of ether oxygens (including phenoxy) is 1. The fraction of sp³-hybridized carbons (Fsp3) is 0.238. The summed E-state index contributed by atoms with van der Waals surface area (Å²) >= 11 is 0. The Morgan fingerprint density at radius 3 is 2.46 bits per heavy atom. The zero-order chi connectivity index (χ0) is 18.8. The van der Waals surface area contributed by atoms with Crippen molar-refractivity contribution in [2.75, 3.05) is 23.8 Å². The second-order valence-corrected chi connectivity index (χ2v) is 5.62. The van der Waals surface area contributed by atoms with Gasteiger partial charge in [-0.05, 0) is 48.7 Å². The van der Waals surface area contributed by atoms with E-state index >= 15 is 0 Å². The second kappa shape index (κ2) is 10.0. The van der Waals surface area contributed by atoms with Crippen molar-refractivity contribution >= 4 is 29.3 Å². The minimum Gasteiger partial charge on any atom is -0.463 e. The summed E-state index contributed by atoms with van der Waals surface area (Å²) in [5.41, 5.74) is 3.67. The predicted molar refractivity (Wildman–Crippen MR) is 105 cm³/mol. The predicted octanol–water partition coefficient (Wildman–Crippen LogP) is 3.88. The highest BCUT2D eigenvalue weighted by atomic mass is 16.5. The maximum absolute atomic E-state index is 12.1. The normalized spacial score (nSPS) is 10.5. The summed E-state index contributed by atoms with van der Waals surface area (Å²) in [6.45, 7) is 4.36. The number of carbonyl (C=O) groups is 2.